The van der Waals surface area contributed by atoms with Gasteiger partial charge in [0.25, 0.3) is 0 Å². The van der Waals surface area contributed by atoms with E-state index in [9.17, 15) is 4.39 Å². The van der Waals surface area contributed by atoms with Crippen LogP contribution in [-0.2, 0) is 0 Å². The van der Waals surface area contributed by atoms with Crippen LogP contribution in [0.25, 0.3) is 110 Å². The summed E-state index contributed by atoms with van der Waals surface area (Å²) in [5.41, 5.74) is 16.5. The molecule has 2 nitrogen and oxygen atoms in total. The molecule has 0 saturated heterocycles. The lowest BCUT2D eigenvalue weighted by atomic mass is 9.98. The highest BCUT2D eigenvalue weighted by molar-refractivity contribution is 6.19. The SMILES string of the molecule is Fc1ccc2c(c1)c1cc(-c3ccc(-c4ccc5c(c4)c4ccccc4n5-c4ccc5c6c(cccc46)-c4ccccc4-5)cc3)ccc1n2-c1ccccc1. The summed E-state index contributed by atoms with van der Waals surface area (Å²) in [6.07, 6.45) is 0. The average Bonchev–Trinajstić information content (AvgIpc) is 3.87. The fourth-order valence-electron chi connectivity index (χ4n) is 9.29. The zero-order chi connectivity index (χ0) is 36.2. The third-order valence-electron chi connectivity index (χ3n) is 11.7. The Labute approximate surface area is 316 Å². The third kappa shape index (κ3) is 4.35. The summed E-state index contributed by atoms with van der Waals surface area (Å²) in [5, 5.41) is 7.01. The van der Waals surface area contributed by atoms with E-state index in [-0.39, 0.29) is 5.82 Å². The molecular weight excluding hydrogens is 672 g/mol. The Kier molecular flexibility index (Phi) is 6.26. The second-order valence-electron chi connectivity index (χ2n) is 14.6. The van der Waals surface area contributed by atoms with Crippen molar-refractivity contribution in [2.45, 2.75) is 0 Å². The fourth-order valence-corrected chi connectivity index (χ4v) is 9.29. The van der Waals surface area contributed by atoms with Crippen LogP contribution in [0.5, 0.6) is 0 Å². The molecule has 0 amide bonds. The number of hydrogen-bond donors (Lipinski definition) is 0. The third-order valence-corrected chi connectivity index (χ3v) is 11.7. The average molecular weight is 703 g/mol. The predicted molar refractivity (Wildman–Crippen MR) is 228 cm³/mol. The van der Waals surface area contributed by atoms with Gasteiger partial charge >= 0.3 is 0 Å². The van der Waals surface area contributed by atoms with Crippen LogP contribution >= 0.6 is 0 Å². The quantitative estimate of drug-likeness (QED) is 0.173. The van der Waals surface area contributed by atoms with Gasteiger partial charge in [0, 0.05) is 32.6 Å². The van der Waals surface area contributed by atoms with Crippen LogP contribution in [0, 0.1) is 5.82 Å². The summed E-state index contributed by atoms with van der Waals surface area (Å²) in [4.78, 5) is 0. The van der Waals surface area contributed by atoms with Crippen molar-refractivity contribution < 1.29 is 4.39 Å². The molecule has 0 atom stereocenters. The Balaban J connectivity index is 0.959. The smallest absolute Gasteiger partial charge is 0.123 e. The van der Waals surface area contributed by atoms with E-state index in [0.717, 1.165) is 44.2 Å². The van der Waals surface area contributed by atoms with Crippen molar-refractivity contribution in [2.75, 3.05) is 0 Å². The highest BCUT2D eigenvalue weighted by Crippen LogP contribution is 2.49. The Morgan fingerprint density at radius 3 is 1.55 bits per heavy atom. The van der Waals surface area contributed by atoms with Gasteiger partial charge < -0.3 is 9.13 Å². The van der Waals surface area contributed by atoms with Crippen molar-refractivity contribution in [3.05, 3.63) is 194 Å². The van der Waals surface area contributed by atoms with E-state index in [0.29, 0.717) is 0 Å². The topological polar surface area (TPSA) is 9.86 Å². The Morgan fingerprint density at radius 1 is 0.309 bits per heavy atom. The van der Waals surface area contributed by atoms with Crippen molar-refractivity contribution in [2.24, 2.45) is 0 Å². The van der Waals surface area contributed by atoms with Crippen LogP contribution in [0.15, 0.2) is 188 Å². The van der Waals surface area contributed by atoms with Gasteiger partial charge in [0.15, 0.2) is 0 Å². The molecule has 1 aliphatic carbocycles. The van der Waals surface area contributed by atoms with Gasteiger partial charge in [0.2, 0.25) is 0 Å². The van der Waals surface area contributed by atoms with Crippen molar-refractivity contribution in [3.8, 4) is 55.9 Å². The van der Waals surface area contributed by atoms with E-state index in [2.05, 4.69) is 161 Å². The molecule has 0 radical (unpaired) electrons. The van der Waals surface area contributed by atoms with Gasteiger partial charge in [-0.25, -0.2) is 4.39 Å². The highest BCUT2D eigenvalue weighted by Gasteiger charge is 2.24. The first-order chi connectivity index (χ1) is 27.2. The van der Waals surface area contributed by atoms with Crippen LogP contribution < -0.4 is 0 Å². The molecule has 9 aromatic carbocycles. The van der Waals surface area contributed by atoms with Gasteiger partial charge in [0.1, 0.15) is 5.82 Å². The number of halogens is 1. The number of aromatic nitrogens is 2. The lowest BCUT2D eigenvalue weighted by molar-refractivity contribution is 0.629. The number of benzene rings is 9. The maximum Gasteiger partial charge on any atom is 0.123 e. The van der Waals surface area contributed by atoms with E-state index >= 15 is 0 Å². The van der Waals surface area contributed by atoms with Crippen molar-refractivity contribution in [3.63, 3.8) is 0 Å². The largest absolute Gasteiger partial charge is 0.309 e. The fraction of sp³-hybridized carbons (Fsp3) is 0. The van der Waals surface area contributed by atoms with E-state index in [1.165, 1.54) is 66.1 Å². The van der Waals surface area contributed by atoms with Crippen molar-refractivity contribution >= 4 is 54.4 Å². The lowest BCUT2D eigenvalue weighted by Gasteiger charge is -2.13. The van der Waals surface area contributed by atoms with Gasteiger partial charge in [0.05, 0.1) is 27.8 Å². The molecule has 2 heterocycles. The normalized spacial score (nSPS) is 12.1. The standard InChI is InChI=1S/C52H31FN2/c53-36-23-27-50-46(31-36)45-30-35(21-25-49(45)54(50)37-9-2-1-3-10-37)33-19-17-32(18-20-33)34-22-26-51-44(29-34)40-13-6-7-16-47(40)55(51)48-28-24-42-39-12-5-4-11-38(39)41-14-8-15-43(48)52(41)42/h1-31H. The summed E-state index contributed by atoms with van der Waals surface area (Å²) in [5.74, 6) is -0.231. The van der Waals surface area contributed by atoms with Gasteiger partial charge in [-0.1, -0.05) is 121 Å². The summed E-state index contributed by atoms with van der Waals surface area (Å²) < 4.78 is 19.3. The number of hydrogen-bond acceptors (Lipinski definition) is 0. The van der Waals surface area contributed by atoms with Crippen molar-refractivity contribution in [1.82, 2.24) is 9.13 Å². The van der Waals surface area contributed by atoms with Crippen LogP contribution in [0.3, 0.4) is 0 Å². The molecule has 11 aromatic rings. The molecule has 256 valence electrons. The molecule has 0 spiro atoms. The molecule has 0 aliphatic heterocycles. The van der Waals surface area contributed by atoms with Crippen LogP contribution in [0.1, 0.15) is 0 Å². The first kappa shape index (κ1) is 30.3. The molecule has 3 heteroatoms. The molecule has 0 saturated carbocycles. The maximum atomic E-state index is 14.6. The lowest BCUT2D eigenvalue weighted by Crippen LogP contribution is -1.95. The van der Waals surface area contributed by atoms with E-state index < -0.39 is 0 Å². The monoisotopic (exact) mass is 702 g/mol. The Bertz CT molecular complexity index is 3340. The summed E-state index contributed by atoms with van der Waals surface area (Å²) in [7, 11) is 0. The number of fused-ring (bicyclic) bond motifs is 9. The minimum atomic E-state index is -0.231. The van der Waals surface area contributed by atoms with E-state index in [1.54, 1.807) is 12.1 Å². The molecule has 1 aliphatic rings. The zero-order valence-electron chi connectivity index (χ0n) is 29.7. The highest BCUT2D eigenvalue weighted by atomic mass is 19.1. The second kappa shape index (κ2) is 11.4. The summed E-state index contributed by atoms with van der Waals surface area (Å²) in [6.45, 7) is 0. The molecule has 0 N–H and O–H groups in total. The number of rotatable bonds is 4. The maximum absolute atomic E-state index is 14.6. The zero-order valence-corrected chi connectivity index (χ0v) is 29.7. The van der Waals surface area contributed by atoms with Gasteiger partial charge in [-0.15, -0.1) is 0 Å². The predicted octanol–water partition coefficient (Wildman–Crippen LogP) is 14.2. The van der Waals surface area contributed by atoms with Gasteiger partial charge in [-0.05, 0) is 117 Å². The first-order valence-electron chi connectivity index (χ1n) is 18.8. The number of nitrogens with zero attached hydrogens (tertiary/aromatic N) is 2. The first-order valence-corrected chi connectivity index (χ1v) is 18.8. The Hall–Kier alpha value is -7.23. The summed E-state index contributed by atoms with van der Waals surface area (Å²) >= 11 is 0. The van der Waals surface area contributed by atoms with Gasteiger partial charge in [-0.2, -0.15) is 0 Å². The second-order valence-corrected chi connectivity index (χ2v) is 14.6. The van der Waals surface area contributed by atoms with Crippen LogP contribution in [-0.4, -0.2) is 9.13 Å². The molecule has 55 heavy (non-hydrogen) atoms. The Morgan fingerprint density at radius 2 is 0.818 bits per heavy atom. The minimum absolute atomic E-state index is 0.231. The van der Waals surface area contributed by atoms with Crippen LogP contribution in [0.4, 0.5) is 4.39 Å². The molecule has 2 aromatic heterocycles. The molecule has 12 rings (SSSR count). The van der Waals surface area contributed by atoms with E-state index in [1.807, 2.05) is 24.3 Å². The minimum Gasteiger partial charge on any atom is -0.309 e. The molecule has 0 bridgehead atoms. The molecule has 0 fully saturated rings. The molecule has 0 unspecified atom stereocenters. The van der Waals surface area contributed by atoms with Crippen molar-refractivity contribution in [1.29, 1.82) is 0 Å². The van der Waals surface area contributed by atoms with E-state index in [4.69, 9.17) is 0 Å². The number of para-hydroxylation sites is 2. The summed E-state index contributed by atoms with van der Waals surface area (Å²) in [6, 6.07) is 66.5. The van der Waals surface area contributed by atoms with Gasteiger partial charge in [-0.3, -0.25) is 0 Å². The van der Waals surface area contributed by atoms with Crippen LogP contribution in [0.2, 0.25) is 0 Å². The molecular formula is C52H31FN2.